The van der Waals surface area contributed by atoms with Gasteiger partial charge in [0.25, 0.3) is 0 Å². The molecule has 3 atom stereocenters. The summed E-state index contributed by atoms with van der Waals surface area (Å²) in [5.41, 5.74) is 0. The molecule has 2 N–H and O–H groups in total. The van der Waals surface area contributed by atoms with Crippen molar-refractivity contribution in [3.8, 4) is 0 Å². The number of hydrogen-bond acceptors (Lipinski definition) is 5. The Morgan fingerprint density at radius 2 is 1.72 bits per heavy atom. The Morgan fingerprint density at radius 3 is 2.11 bits per heavy atom. The van der Waals surface area contributed by atoms with Crippen LogP contribution in [0.25, 0.3) is 0 Å². The summed E-state index contributed by atoms with van der Waals surface area (Å²) >= 11 is 0. The Balaban J connectivity index is 3.05. The van der Waals surface area contributed by atoms with E-state index in [4.69, 9.17) is 10.2 Å². The fraction of sp³-hybridized carbons (Fsp3) is 0.545. The van der Waals surface area contributed by atoms with E-state index < -0.39 is 59.9 Å². The molecule has 0 heterocycles. The normalized spacial score (nSPS) is 26.9. The highest BCUT2D eigenvalue weighted by molar-refractivity contribution is 6.13. The first-order valence-electron chi connectivity index (χ1n) is 5.26. The molecule has 1 saturated carbocycles. The molecule has 0 radical (unpaired) electrons. The Kier molecular flexibility index (Phi) is 3.95. The zero-order chi connectivity index (χ0) is 14.0. The summed E-state index contributed by atoms with van der Waals surface area (Å²) in [6.07, 6.45) is -1.03. The highest BCUT2D eigenvalue weighted by Gasteiger charge is 2.52. The minimum Gasteiger partial charge on any atom is -0.481 e. The number of carboxylic acids is 2. The minimum absolute atomic E-state index is 0.486. The van der Waals surface area contributed by atoms with Gasteiger partial charge in [0.15, 0.2) is 5.78 Å². The Labute approximate surface area is 102 Å². The molecular weight excluding hydrogens is 244 g/mol. The lowest BCUT2D eigenvalue weighted by Gasteiger charge is -2.15. The van der Waals surface area contributed by atoms with Gasteiger partial charge in [0.05, 0.1) is 24.2 Å². The van der Waals surface area contributed by atoms with Crippen molar-refractivity contribution in [1.29, 1.82) is 0 Å². The van der Waals surface area contributed by atoms with Crippen LogP contribution < -0.4 is 0 Å². The predicted molar refractivity (Wildman–Crippen MR) is 55.7 cm³/mol. The lowest BCUT2D eigenvalue weighted by atomic mass is 9.85. The Hall–Kier alpha value is -2.05. The number of hydrogen-bond donors (Lipinski definition) is 2. The first kappa shape index (κ1) is 14.0. The van der Waals surface area contributed by atoms with Crippen LogP contribution in [0.2, 0.25) is 0 Å². The van der Waals surface area contributed by atoms with Crippen molar-refractivity contribution in [2.75, 3.05) is 0 Å². The average Bonchev–Trinajstić information content (AvgIpc) is 2.54. The summed E-state index contributed by atoms with van der Waals surface area (Å²) in [5.74, 6) is -9.46. The summed E-state index contributed by atoms with van der Waals surface area (Å²) in [7, 11) is 0. The zero-order valence-corrected chi connectivity index (χ0v) is 9.58. The number of carbonyl (C=O) groups is 5. The molecule has 3 unspecified atom stereocenters. The fourth-order valence-electron chi connectivity index (χ4n) is 2.19. The number of aliphatic carboxylic acids is 2. The smallest absolute Gasteiger partial charge is 0.308 e. The lowest BCUT2D eigenvalue weighted by Crippen LogP contribution is -2.34. The Morgan fingerprint density at radius 1 is 1.17 bits per heavy atom. The number of rotatable bonds is 5. The third-order valence-corrected chi connectivity index (χ3v) is 2.93. The number of ketones is 3. The van der Waals surface area contributed by atoms with E-state index in [1.807, 2.05) is 0 Å². The monoisotopic (exact) mass is 256 g/mol. The molecule has 18 heavy (non-hydrogen) atoms. The summed E-state index contributed by atoms with van der Waals surface area (Å²) in [6, 6.07) is 0. The molecule has 0 aromatic heterocycles. The van der Waals surface area contributed by atoms with Gasteiger partial charge in [0, 0.05) is 6.42 Å². The molecule has 0 spiro atoms. The first-order chi connectivity index (χ1) is 8.25. The highest BCUT2D eigenvalue weighted by Crippen LogP contribution is 2.36. The van der Waals surface area contributed by atoms with Crippen molar-refractivity contribution >= 4 is 29.3 Å². The van der Waals surface area contributed by atoms with Gasteiger partial charge in [0.2, 0.25) is 0 Å². The van der Waals surface area contributed by atoms with E-state index in [1.165, 1.54) is 0 Å². The maximum atomic E-state index is 11.7. The lowest BCUT2D eigenvalue weighted by molar-refractivity contribution is -0.155. The first-order valence-corrected chi connectivity index (χ1v) is 5.26. The van der Waals surface area contributed by atoms with Crippen molar-refractivity contribution in [2.24, 2.45) is 17.8 Å². The van der Waals surface area contributed by atoms with Crippen LogP contribution in [0.15, 0.2) is 0 Å². The van der Waals surface area contributed by atoms with Crippen LogP contribution in [-0.4, -0.2) is 39.5 Å². The van der Waals surface area contributed by atoms with E-state index in [9.17, 15) is 24.0 Å². The van der Waals surface area contributed by atoms with E-state index in [0.29, 0.717) is 0 Å². The molecule has 98 valence electrons. The summed E-state index contributed by atoms with van der Waals surface area (Å²) in [5, 5.41) is 17.8. The van der Waals surface area contributed by atoms with Crippen molar-refractivity contribution in [3.05, 3.63) is 0 Å². The van der Waals surface area contributed by atoms with Crippen LogP contribution in [0, 0.1) is 17.8 Å². The molecule has 0 aliphatic heterocycles. The van der Waals surface area contributed by atoms with Crippen LogP contribution >= 0.6 is 0 Å². The van der Waals surface area contributed by atoms with Gasteiger partial charge in [0.1, 0.15) is 11.6 Å². The fourth-order valence-corrected chi connectivity index (χ4v) is 2.19. The van der Waals surface area contributed by atoms with E-state index in [1.54, 1.807) is 0 Å². The molecule has 1 fully saturated rings. The van der Waals surface area contributed by atoms with Crippen LogP contribution in [0.3, 0.4) is 0 Å². The minimum atomic E-state index is -1.58. The third kappa shape index (κ3) is 2.61. The van der Waals surface area contributed by atoms with Gasteiger partial charge in [-0.1, -0.05) is 0 Å². The topological polar surface area (TPSA) is 126 Å². The van der Waals surface area contributed by atoms with E-state index >= 15 is 0 Å². The quantitative estimate of drug-likeness (QED) is 0.636. The average molecular weight is 256 g/mol. The summed E-state index contributed by atoms with van der Waals surface area (Å²) in [6.45, 7) is 1.14. The zero-order valence-electron chi connectivity index (χ0n) is 9.58. The van der Waals surface area contributed by atoms with Crippen LogP contribution in [0.1, 0.15) is 19.8 Å². The molecule has 0 aromatic rings. The maximum Gasteiger partial charge on any atom is 0.308 e. The largest absolute Gasteiger partial charge is 0.481 e. The molecule has 1 aliphatic rings. The number of carboxylic acid groups (broad SMARTS) is 2. The van der Waals surface area contributed by atoms with Crippen LogP contribution in [0.5, 0.6) is 0 Å². The van der Waals surface area contributed by atoms with Crippen molar-refractivity contribution in [3.63, 3.8) is 0 Å². The van der Waals surface area contributed by atoms with Gasteiger partial charge < -0.3 is 10.2 Å². The van der Waals surface area contributed by atoms with Crippen molar-refractivity contribution < 1.29 is 34.2 Å². The second kappa shape index (κ2) is 5.07. The molecule has 1 rings (SSSR count). The van der Waals surface area contributed by atoms with Gasteiger partial charge >= 0.3 is 11.9 Å². The SMILES string of the molecule is CC(=O)CC(=O)C1C(=O)CC(C(=O)O)C1C(=O)O. The van der Waals surface area contributed by atoms with E-state index in [2.05, 4.69) is 0 Å². The molecule has 0 aromatic carbocycles. The van der Waals surface area contributed by atoms with Crippen molar-refractivity contribution in [2.45, 2.75) is 19.8 Å². The van der Waals surface area contributed by atoms with Crippen LogP contribution in [0.4, 0.5) is 0 Å². The standard InChI is InChI=1S/C11H12O7/c1-4(12)2-6(13)9-7(14)3-5(10(15)16)8(9)11(17)18/h5,8-9H,2-3H2,1H3,(H,15,16)(H,17,18). The predicted octanol–water partition coefficient (Wildman–Crippen LogP) is -0.475. The van der Waals surface area contributed by atoms with E-state index in [0.717, 1.165) is 6.92 Å². The summed E-state index contributed by atoms with van der Waals surface area (Å²) in [4.78, 5) is 55.9. The molecule has 7 nitrogen and oxygen atoms in total. The van der Waals surface area contributed by atoms with Gasteiger partial charge in [-0.15, -0.1) is 0 Å². The van der Waals surface area contributed by atoms with E-state index in [-0.39, 0.29) is 0 Å². The Bertz CT molecular complexity index is 437. The van der Waals surface area contributed by atoms with Gasteiger partial charge in [-0.2, -0.15) is 0 Å². The molecular formula is C11H12O7. The molecule has 1 aliphatic carbocycles. The second-order valence-electron chi connectivity index (χ2n) is 4.30. The molecule has 0 amide bonds. The molecule has 0 saturated heterocycles. The highest BCUT2D eigenvalue weighted by atomic mass is 16.4. The second-order valence-corrected chi connectivity index (χ2v) is 4.30. The van der Waals surface area contributed by atoms with Crippen molar-refractivity contribution in [1.82, 2.24) is 0 Å². The molecule has 7 heteroatoms. The summed E-state index contributed by atoms with van der Waals surface area (Å²) < 4.78 is 0. The number of Topliss-reactive ketones (excluding diaryl/α,β-unsaturated/α-hetero) is 3. The number of carbonyl (C=O) groups excluding carboxylic acids is 3. The third-order valence-electron chi connectivity index (χ3n) is 2.93. The van der Waals surface area contributed by atoms with Gasteiger partial charge in [-0.25, -0.2) is 0 Å². The maximum absolute atomic E-state index is 11.7. The molecule has 0 bridgehead atoms. The van der Waals surface area contributed by atoms with Gasteiger partial charge in [-0.05, 0) is 6.92 Å². The van der Waals surface area contributed by atoms with Gasteiger partial charge in [-0.3, -0.25) is 24.0 Å². The van der Waals surface area contributed by atoms with Crippen LogP contribution in [-0.2, 0) is 24.0 Å².